The third kappa shape index (κ3) is 3.22. The lowest BCUT2D eigenvalue weighted by atomic mass is 10.2. The van der Waals surface area contributed by atoms with Crippen molar-refractivity contribution in [3.8, 4) is 17.3 Å². The molecule has 122 valence electrons. The van der Waals surface area contributed by atoms with Crippen LogP contribution >= 0.6 is 0 Å². The van der Waals surface area contributed by atoms with Gasteiger partial charge >= 0.3 is 5.97 Å². The quantitative estimate of drug-likeness (QED) is 0.658. The predicted octanol–water partition coefficient (Wildman–Crippen LogP) is 1.64. The number of carbonyl (C=O) groups is 1. The van der Waals surface area contributed by atoms with Crippen molar-refractivity contribution in [2.45, 2.75) is 6.61 Å². The van der Waals surface area contributed by atoms with Crippen LogP contribution in [0.2, 0.25) is 0 Å². The summed E-state index contributed by atoms with van der Waals surface area (Å²) < 4.78 is 11.9. The lowest BCUT2D eigenvalue weighted by Gasteiger charge is -2.07. The van der Waals surface area contributed by atoms with Gasteiger partial charge in [-0.25, -0.2) is 14.5 Å². The first-order valence-electron chi connectivity index (χ1n) is 7.16. The molecule has 0 aliphatic carbocycles. The average molecular weight is 325 g/mol. The molecule has 8 nitrogen and oxygen atoms in total. The molecule has 0 amide bonds. The van der Waals surface area contributed by atoms with Gasteiger partial charge in [0.05, 0.1) is 18.4 Å². The van der Waals surface area contributed by atoms with Gasteiger partial charge in [0.2, 0.25) is 5.88 Å². The highest BCUT2D eigenvalue weighted by molar-refractivity contribution is 5.88. The van der Waals surface area contributed by atoms with Crippen molar-refractivity contribution in [2.24, 2.45) is 7.05 Å². The van der Waals surface area contributed by atoms with E-state index in [0.29, 0.717) is 17.1 Å². The summed E-state index contributed by atoms with van der Waals surface area (Å²) in [4.78, 5) is 19.8. The Labute approximate surface area is 138 Å². The van der Waals surface area contributed by atoms with Gasteiger partial charge in [-0.15, -0.1) is 5.10 Å². The molecule has 3 rings (SSSR count). The van der Waals surface area contributed by atoms with Gasteiger partial charge in [0, 0.05) is 25.5 Å². The van der Waals surface area contributed by atoms with Gasteiger partial charge in [-0.1, -0.05) is 11.3 Å². The number of methoxy groups -OCH3 is 1. The SMILES string of the molecule is COC(=O)c1ccc(OCc2c(-c3ccccn3)nnn2C)nc1. The topological polar surface area (TPSA) is 92.0 Å². The second-order valence-corrected chi connectivity index (χ2v) is 4.89. The van der Waals surface area contributed by atoms with Crippen LogP contribution in [0.3, 0.4) is 0 Å². The maximum Gasteiger partial charge on any atom is 0.339 e. The summed E-state index contributed by atoms with van der Waals surface area (Å²) in [6.07, 6.45) is 3.10. The number of aryl methyl sites for hydroxylation is 1. The van der Waals surface area contributed by atoms with E-state index in [1.54, 1.807) is 30.1 Å². The van der Waals surface area contributed by atoms with E-state index < -0.39 is 5.97 Å². The van der Waals surface area contributed by atoms with Crippen molar-refractivity contribution < 1.29 is 14.3 Å². The highest BCUT2D eigenvalue weighted by atomic mass is 16.5. The minimum Gasteiger partial charge on any atom is -0.471 e. The van der Waals surface area contributed by atoms with Crippen molar-refractivity contribution in [3.05, 3.63) is 54.0 Å². The number of pyridine rings is 2. The molecule has 0 atom stereocenters. The maximum absolute atomic E-state index is 11.4. The molecule has 24 heavy (non-hydrogen) atoms. The van der Waals surface area contributed by atoms with Gasteiger partial charge in [0.25, 0.3) is 0 Å². The molecule has 3 aromatic rings. The fourth-order valence-electron chi connectivity index (χ4n) is 2.09. The molecule has 0 radical (unpaired) electrons. The predicted molar refractivity (Wildman–Crippen MR) is 84.1 cm³/mol. The van der Waals surface area contributed by atoms with Crippen LogP contribution in [0.5, 0.6) is 5.88 Å². The van der Waals surface area contributed by atoms with Crippen LogP contribution in [0, 0.1) is 0 Å². The van der Waals surface area contributed by atoms with Crippen molar-refractivity contribution in [1.82, 2.24) is 25.0 Å². The van der Waals surface area contributed by atoms with E-state index in [9.17, 15) is 4.79 Å². The van der Waals surface area contributed by atoms with Gasteiger partial charge in [0.15, 0.2) is 0 Å². The van der Waals surface area contributed by atoms with Crippen molar-refractivity contribution in [2.75, 3.05) is 7.11 Å². The molecule has 3 aromatic heterocycles. The first-order valence-corrected chi connectivity index (χ1v) is 7.16. The number of nitrogens with zero attached hydrogens (tertiary/aromatic N) is 5. The third-order valence-electron chi connectivity index (χ3n) is 3.36. The number of ether oxygens (including phenoxy) is 2. The fraction of sp³-hybridized carbons (Fsp3) is 0.188. The van der Waals surface area contributed by atoms with Crippen LogP contribution in [0.15, 0.2) is 42.7 Å². The molecular formula is C16H15N5O3. The molecule has 0 saturated carbocycles. The van der Waals surface area contributed by atoms with E-state index in [4.69, 9.17) is 4.74 Å². The number of rotatable bonds is 5. The Morgan fingerprint density at radius 2 is 2.08 bits per heavy atom. The molecule has 0 saturated heterocycles. The summed E-state index contributed by atoms with van der Waals surface area (Å²) in [5.74, 6) is -0.0573. The molecule has 0 aliphatic heterocycles. The number of carbonyl (C=O) groups excluding carboxylic acids is 1. The maximum atomic E-state index is 11.4. The molecule has 0 spiro atoms. The highest BCUT2D eigenvalue weighted by Gasteiger charge is 2.15. The number of aromatic nitrogens is 5. The Hall–Kier alpha value is -3.29. The van der Waals surface area contributed by atoms with Crippen LogP contribution in [0.4, 0.5) is 0 Å². The van der Waals surface area contributed by atoms with Crippen molar-refractivity contribution in [1.29, 1.82) is 0 Å². The first-order chi connectivity index (χ1) is 11.7. The van der Waals surface area contributed by atoms with E-state index in [0.717, 1.165) is 11.4 Å². The van der Waals surface area contributed by atoms with Crippen LogP contribution < -0.4 is 4.74 Å². The van der Waals surface area contributed by atoms with Crippen molar-refractivity contribution >= 4 is 5.97 Å². The normalized spacial score (nSPS) is 10.4. The molecule has 0 aromatic carbocycles. The summed E-state index contributed by atoms with van der Waals surface area (Å²) in [6.45, 7) is 0.222. The second-order valence-electron chi connectivity index (χ2n) is 4.89. The minimum absolute atomic E-state index is 0.222. The zero-order chi connectivity index (χ0) is 16.9. The molecule has 8 heteroatoms. The lowest BCUT2D eigenvalue weighted by molar-refractivity contribution is 0.0600. The van der Waals surface area contributed by atoms with E-state index in [2.05, 4.69) is 25.0 Å². The summed E-state index contributed by atoms with van der Waals surface area (Å²) in [5.41, 5.74) is 2.51. The van der Waals surface area contributed by atoms with E-state index in [1.165, 1.54) is 13.3 Å². The summed E-state index contributed by atoms with van der Waals surface area (Å²) in [7, 11) is 3.10. The van der Waals surface area contributed by atoms with Gasteiger partial charge in [-0.2, -0.15) is 0 Å². The molecule has 0 fully saturated rings. The Morgan fingerprint density at radius 1 is 1.21 bits per heavy atom. The zero-order valence-electron chi connectivity index (χ0n) is 13.2. The fourth-order valence-corrected chi connectivity index (χ4v) is 2.09. The molecule has 0 N–H and O–H groups in total. The highest BCUT2D eigenvalue weighted by Crippen LogP contribution is 2.19. The number of hydrogen-bond donors (Lipinski definition) is 0. The van der Waals surface area contributed by atoms with Crippen LogP contribution in [0.25, 0.3) is 11.4 Å². The van der Waals surface area contributed by atoms with Crippen molar-refractivity contribution in [3.63, 3.8) is 0 Å². The second kappa shape index (κ2) is 6.86. The van der Waals surface area contributed by atoms with Gasteiger partial charge in [-0.05, 0) is 18.2 Å². The Balaban J connectivity index is 1.76. The lowest BCUT2D eigenvalue weighted by Crippen LogP contribution is -2.06. The number of esters is 1. The average Bonchev–Trinajstić information content (AvgIpc) is 3.01. The largest absolute Gasteiger partial charge is 0.471 e. The standard InChI is InChI=1S/C16H15N5O3/c1-21-13(15(19-20-21)12-5-3-4-8-17-12)10-24-14-7-6-11(9-18-14)16(22)23-2/h3-9H,10H2,1-2H3. The number of hydrogen-bond acceptors (Lipinski definition) is 7. The first kappa shape index (κ1) is 15.6. The minimum atomic E-state index is -0.442. The Kier molecular flexibility index (Phi) is 4.46. The third-order valence-corrected chi connectivity index (χ3v) is 3.36. The Bertz CT molecular complexity index is 831. The van der Waals surface area contributed by atoms with Crippen LogP contribution in [0.1, 0.15) is 16.1 Å². The monoisotopic (exact) mass is 325 g/mol. The summed E-state index contributed by atoms with van der Waals surface area (Å²) in [6, 6.07) is 8.78. The summed E-state index contributed by atoms with van der Waals surface area (Å²) in [5, 5.41) is 8.15. The zero-order valence-corrected chi connectivity index (χ0v) is 13.2. The van der Waals surface area contributed by atoms with E-state index >= 15 is 0 Å². The molecule has 0 bridgehead atoms. The smallest absolute Gasteiger partial charge is 0.339 e. The van der Waals surface area contributed by atoms with Gasteiger partial charge in [0.1, 0.15) is 18.0 Å². The van der Waals surface area contributed by atoms with Gasteiger partial charge < -0.3 is 9.47 Å². The molecule has 0 unspecified atom stereocenters. The Morgan fingerprint density at radius 3 is 2.75 bits per heavy atom. The molecular weight excluding hydrogens is 310 g/mol. The molecule has 0 aliphatic rings. The summed E-state index contributed by atoms with van der Waals surface area (Å²) >= 11 is 0. The van der Waals surface area contributed by atoms with E-state index in [1.807, 2.05) is 18.2 Å². The van der Waals surface area contributed by atoms with Crippen LogP contribution in [-0.2, 0) is 18.4 Å². The van der Waals surface area contributed by atoms with E-state index in [-0.39, 0.29) is 6.61 Å². The van der Waals surface area contributed by atoms with Crippen LogP contribution in [-0.4, -0.2) is 38.0 Å². The molecule has 3 heterocycles. The van der Waals surface area contributed by atoms with Gasteiger partial charge in [-0.3, -0.25) is 4.98 Å².